The minimum atomic E-state index is -1.07. The van der Waals surface area contributed by atoms with Gasteiger partial charge in [-0.25, -0.2) is 9.78 Å². The Bertz CT molecular complexity index is 679. The van der Waals surface area contributed by atoms with Gasteiger partial charge in [0.2, 0.25) is 5.76 Å². The lowest BCUT2D eigenvalue weighted by molar-refractivity contribution is -0.136. The lowest BCUT2D eigenvalue weighted by Gasteiger charge is -2.06. The van der Waals surface area contributed by atoms with Crippen molar-refractivity contribution in [3.8, 4) is 11.3 Å². The number of hydrogen-bond acceptors (Lipinski definition) is 4. The molecule has 1 aromatic carbocycles. The number of ether oxygens (including phenoxy) is 1. The molecule has 0 aliphatic rings. The minimum absolute atomic E-state index is 0.0643. The van der Waals surface area contributed by atoms with Crippen LogP contribution >= 0.6 is 0 Å². The van der Waals surface area contributed by atoms with E-state index < -0.39 is 5.97 Å². The number of carbonyl (C=O) groups is 1. The summed E-state index contributed by atoms with van der Waals surface area (Å²) < 4.78 is 5.09. The SMILES string of the molecule is CCO/C(=C\c1ccc(-c2cccc(NC)n2)cc1)C(=O)O. The molecule has 1 heterocycles. The van der Waals surface area contributed by atoms with Crippen LogP contribution in [0.3, 0.4) is 0 Å². The maximum Gasteiger partial charge on any atom is 0.371 e. The second-order valence-electron chi connectivity index (χ2n) is 4.53. The van der Waals surface area contributed by atoms with Crippen LogP contribution < -0.4 is 5.32 Å². The van der Waals surface area contributed by atoms with Gasteiger partial charge in [0.1, 0.15) is 5.82 Å². The first-order valence-electron chi connectivity index (χ1n) is 6.97. The molecular formula is C17H18N2O3. The van der Waals surface area contributed by atoms with Gasteiger partial charge >= 0.3 is 5.97 Å². The number of benzene rings is 1. The van der Waals surface area contributed by atoms with Crippen molar-refractivity contribution in [1.29, 1.82) is 0 Å². The van der Waals surface area contributed by atoms with Crippen molar-refractivity contribution < 1.29 is 14.6 Å². The van der Waals surface area contributed by atoms with Gasteiger partial charge in [0, 0.05) is 12.6 Å². The number of aromatic nitrogens is 1. The monoisotopic (exact) mass is 298 g/mol. The Labute approximate surface area is 129 Å². The van der Waals surface area contributed by atoms with Gasteiger partial charge in [0.15, 0.2) is 0 Å². The number of pyridine rings is 1. The van der Waals surface area contributed by atoms with Crippen LogP contribution in [-0.2, 0) is 9.53 Å². The van der Waals surface area contributed by atoms with Crippen LogP contribution in [0.15, 0.2) is 48.2 Å². The molecule has 0 atom stereocenters. The summed E-state index contributed by atoms with van der Waals surface area (Å²) in [7, 11) is 1.82. The molecule has 0 spiro atoms. The maximum atomic E-state index is 11.0. The van der Waals surface area contributed by atoms with Gasteiger partial charge in [0.25, 0.3) is 0 Å². The first-order chi connectivity index (χ1) is 10.6. The Morgan fingerprint density at radius 2 is 2.00 bits per heavy atom. The van der Waals surface area contributed by atoms with Gasteiger partial charge in [0.05, 0.1) is 12.3 Å². The van der Waals surface area contributed by atoms with E-state index in [1.165, 1.54) is 6.08 Å². The normalized spacial score (nSPS) is 11.1. The standard InChI is InChI=1S/C17H18N2O3/c1-3-22-15(17(20)21)11-12-7-9-13(10-8-12)14-5-4-6-16(18-2)19-14/h4-11H,3H2,1-2H3,(H,18,19)(H,20,21)/b15-11-. The van der Waals surface area contributed by atoms with Gasteiger partial charge in [-0.2, -0.15) is 0 Å². The largest absolute Gasteiger partial charge is 0.487 e. The number of carboxylic acids is 1. The molecule has 0 aliphatic heterocycles. The fraction of sp³-hybridized carbons (Fsp3) is 0.176. The van der Waals surface area contributed by atoms with E-state index in [0.717, 1.165) is 22.6 Å². The Balaban J connectivity index is 2.26. The maximum absolute atomic E-state index is 11.0. The lowest BCUT2D eigenvalue weighted by Crippen LogP contribution is -2.04. The molecule has 0 radical (unpaired) electrons. The molecule has 0 bridgehead atoms. The zero-order valence-electron chi connectivity index (χ0n) is 12.5. The van der Waals surface area contributed by atoms with Gasteiger partial charge in [-0.3, -0.25) is 0 Å². The molecule has 5 nitrogen and oxygen atoms in total. The van der Waals surface area contributed by atoms with Crippen molar-refractivity contribution in [3.05, 3.63) is 53.8 Å². The van der Waals surface area contributed by atoms with E-state index in [0.29, 0.717) is 6.61 Å². The molecule has 0 unspecified atom stereocenters. The third kappa shape index (κ3) is 3.85. The van der Waals surface area contributed by atoms with E-state index in [1.54, 1.807) is 6.92 Å². The first-order valence-corrected chi connectivity index (χ1v) is 6.97. The van der Waals surface area contributed by atoms with E-state index in [4.69, 9.17) is 9.84 Å². The highest BCUT2D eigenvalue weighted by molar-refractivity contribution is 5.89. The van der Waals surface area contributed by atoms with Crippen molar-refractivity contribution in [3.63, 3.8) is 0 Å². The molecular weight excluding hydrogens is 280 g/mol. The molecule has 1 aromatic heterocycles. The third-order valence-electron chi connectivity index (χ3n) is 3.02. The number of hydrogen-bond donors (Lipinski definition) is 2. The predicted octanol–water partition coefficient (Wildman–Crippen LogP) is 3.25. The quantitative estimate of drug-likeness (QED) is 0.632. The molecule has 0 saturated carbocycles. The van der Waals surface area contributed by atoms with E-state index in [-0.39, 0.29) is 5.76 Å². The van der Waals surface area contributed by atoms with Gasteiger partial charge in [-0.15, -0.1) is 0 Å². The number of rotatable bonds is 6. The van der Waals surface area contributed by atoms with Gasteiger partial charge < -0.3 is 15.2 Å². The van der Waals surface area contributed by atoms with Crippen LogP contribution in [0.25, 0.3) is 17.3 Å². The molecule has 0 aliphatic carbocycles. The van der Waals surface area contributed by atoms with Crippen LogP contribution in [0.4, 0.5) is 5.82 Å². The third-order valence-corrected chi connectivity index (χ3v) is 3.02. The molecule has 114 valence electrons. The molecule has 5 heteroatoms. The van der Waals surface area contributed by atoms with Crippen LogP contribution in [0.2, 0.25) is 0 Å². The number of carboxylic acid groups (broad SMARTS) is 1. The highest BCUT2D eigenvalue weighted by Crippen LogP contribution is 2.20. The molecule has 22 heavy (non-hydrogen) atoms. The molecule has 2 rings (SSSR count). The molecule has 2 aromatic rings. The fourth-order valence-corrected chi connectivity index (χ4v) is 1.96. The van der Waals surface area contributed by atoms with Crippen LogP contribution in [0, 0.1) is 0 Å². The predicted molar refractivity (Wildman–Crippen MR) is 86.5 cm³/mol. The minimum Gasteiger partial charge on any atom is -0.487 e. The zero-order valence-corrected chi connectivity index (χ0v) is 12.5. The molecule has 0 fully saturated rings. The fourth-order valence-electron chi connectivity index (χ4n) is 1.96. The summed E-state index contributed by atoms with van der Waals surface area (Å²) in [5.41, 5.74) is 2.58. The Hall–Kier alpha value is -2.82. The molecule has 2 N–H and O–H groups in total. The number of aliphatic carboxylic acids is 1. The second kappa shape index (κ2) is 7.26. The summed E-state index contributed by atoms with van der Waals surface area (Å²) in [6.45, 7) is 2.07. The number of nitrogens with zero attached hydrogens (tertiary/aromatic N) is 1. The smallest absolute Gasteiger partial charge is 0.371 e. The average molecular weight is 298 g/mol. The van der Waals surface area contributed by atoms with Crippen molar-refractivity contribution in [2.45, 2.75) is 6.92 Å². The number of anilines is 1. The van der Waals surface area contributed by atoms with E-state index in [1.807, 2.05) is 49.5 Å². The van der Waals surface area contributed by atoms with E-state index >= 15 is 0 Å². The van der Waals surface area contributed by atoms with Crippen molar-refractivity contribution >= 4 is 17.9 Å². The summed E-state index contributed by atoms with van der Waals surface area (Å²) in [6.07, 6.45) is 1.51. The topological polar surface area (TPSA) is 71.5 Å². The Morgan fingerprint density at radius 3 is 2.59 bits per heavy atom. The first kappa shape index (κ1) is 15.6. The number of nitrogens with one attached hydrogen (secondary N) is 1. The summed E-state index contributed by atoms with van der Waals surface area (Å²) in [5.74, 6) is -0.342. The Morgan fingerprint density at radius 1 is 1.27 bits per heavy atom. The van der Waals surface area contributed by atoms with Crippen LogP contribution in [0.1, 0.15) is 12.5 Å². The van der Waals surface area contributed by atoms with E-state index in [2.05, 4.69) is 10.3 Å². The van der Waals surface area contributed by atoms with Crippen LogP contribution in [0.5, 0.6) is 0 Å². The van der Waals surface area contributed by atoms with Gasteiger partial charge in [-0.1, -0.05) is 30.3 Å². The van der Waals surface area contributed by atoms with Crippen molar-refractivity contribution in [1.82, 2.24) is 4.98 Å². The second-order valence-corrected chi connectivity index (χ2v) is 4.53. The summed E-state index contributed by atoms with van der Waals surface area (Å²) in [5, 5.41) is 12.0. The molecule has 0 amide bonds. The highest BCUT2D eigenvalue weighted by Gasteiger charge is 2.08. The summed E-state index contributed by atoms with van der Waals surface area (Å²) in [4.78, 5) is 15.5. The van der Waals surface area contributed by atoms with Gasteiger partial charge in [-0.05, 0) is 30.7 Å². The van der Waals surface area contributed by atoms with Crippen LogP contribution in [-0.4, -0.2) is 29.7 Å². The average Bonchev–Trinajstić information content (AvgIpc) is 2.55. The van der Waals surface area contributed by atoms with E-state index in [9.17, 15) is 4.79 Å². The van der Waals surface area contributed by atoms with Crippen molar-refractivity contribution in [2.75, 3.05) is 19.0 Å². The lowest BCUT2D eigenvalue weighted by atomic mass is 10.1. The highest BCUT2D eigenvalue weighted by atomic mass is 16.5. The summed E-state index contributed by atoms with van der Waals surface area (Å²) >= 11 is 0. The Kier molecular flexibility index (Phi) is 5.14. The summed E-state index contributed by atoms with van der Waals surface area (Å²) in [6, 6.07) is 13.2. The molecule has 0 saturated heterocycles. The zero-order chi connectivity index (χ0) is 15.9. The van der Waals surface area contributed by atoms with Crippen molar-refractivity contribution in [2.24, 2.45) is 0 Å².